The molecule has 0 fully saturated rings. The molecule has 0 heterocycles. The topological polar surface area (TPSA) is 50.1 Å². The number of nitrogens with zero attached hydrogens (tertiary/aromatic N) is 1. The summed E-state index contributed by atoms with van der Waals surface area (Å²) in [6.45, 7) is 1.69. The molecule has 0 atom stereocenters. The van der Waals surface area contributed by atoms with Crippen molar-refractivity contribution < 1.29 is 9.53 Å². The Hall–Kier alpha value is -8.40. The Morgan fingerprint density at radius 3 is 1.22 bits per heavy atom. The van der Waals surface area contributed by atoms with E-state index in [1.54, 1.807) is 13.0 Å². The zero-order valence-electron chi connectivity index (χ0n) is 24.2. The smallest absolute Gasteiger partial charge is 0.362 e. The molecule has 3 heteroatoms. The average molecular weight is 578 g/mol. The molecule has 2 rings (SSSR count). The second-order valence-electron chi connectivity index (χ2n) is 7.50. The number of carbonyl (C=O) groups excluding carboxylic acids is 1. The number of hydrogen-bond acceptors (Lipinski definition) is 3. The van der Waals surface area contributed by atoms with E-state index in [0.717, 1.165) is 16.7 Å². The number of esters is 1. The predicted octanol–water partition coefficient (Wildman–Crippen LogP) is 4.13. The molecule has 0 radical (unpaired) electrons. The van der Waals surface area contributed by atoms with Crippen LogP contribution < -0.4 is 0 Å². The minimum atomic E-state index is -0.901. The SMILES string of the molecule is CC#CC#CC#CC#CC#CC#CC#CC#CC#CC#CC#CC#COC(=O)/C(C#N)=C/C=C(c1ccccc1)c1ccccc1. The quantitative estimate of drug-likeness (QED) is 0.181. The summed E-state index contributed by atoms with van der Waals surface area (Å²) in [5, 5.41) is 9.44. The molecule has 46 heavy (non-hydrogen) atoms. The van der Waals surface area contributed by atoms with Crippen LogP contribution in [0.1, 0.15) is 18.1 Å². The number of rotatable bonds is 4. The summed E-state index contributed by atoms with van der Waals surface area (Å²) >= 11 is 0. The van der Waals surface area contributed by atoms with Crippen molar-refractivity contribution in [3.63, 3.8) is 0 Å². The lowest BCUT2D eigenvalue weighted by atomic mass is 9.97. The van der Waals surface area contributed by atoms with Crippen LogP contribution in [0.15, 0.2) is 78.4 Å². The Kier molecular flexibility index (Phi) is 17.1. The van der Waals surface area contributed by atoms with Crippen LogP contribution in [-0.2, 0) is 9.53 Å². The van der Waals surface area contributed by atoms with E-state index in [2.05, 4.69) is 142 Å². The third kappa shape index (κ3) is 15.4. The molecule has 0 unspecified atom stereocenters. The van der Waals surface area contributed by atoms with Crippen molar-refractivity contribution in [2.75, 3.05) is 0 Å². The molecule has 0 amide bonds. The molecule has 0 bridgehead atoms. The molecule has 0 saturated heterocycles. The van der Waals surface area contributed by atoms with E-state index < -0.39 is 5.97 Å². The summed E-state index contributed by atoms with van der Waals surface area (Å²) in [6, 6.07) is 21.0. The highest BCUT2D eigenvalue weighted by molar-refractivity contribution is 5.94. The van der Waals surface area contributed by atoms with E-state index in [9.17, 15) is 10.1 Å². The summed E-state index contributed by atoms with van der Waals surface area (Å²) in [5.74, 6) is 56.4. The van der Waals surface area contributed by atoms with Crippen LogP contribution in [0.4, 0.5) is 0 Å². The molecule has 0 aromatic heterocycles. The normalized spacial score (nSPS) is 7.09. The fourth-order valence-corrected chi connectivity index (χ4v) is 2.75. The molecule has 0 aliphatic carbocycles. The van der Waals surface area contributed by atoms with Gasteiger partial charge in [-0.25, -0.2) is 4.79 Å². The Balaban J connectivity index is 1.89. The molecule has 0 aliphatic rings. The molecule has 0 aliphatic heterocycles. The third-order valence-electron chi connectivity index (χ3n) is 4.56. The van der Waals surface area contributed by atoms with Crippen molar-refractivity contribution in [1.29, 1.82) is 5.26 Å². The molecule has 3 nitrogen and oxygen atoms in total. The van der Waals surface area contributed by atoms with E-state index in [4.69, 9.17) is 4.74 Å². The van der Waals surface area contributed by atoms with E-state index in [1.165, 1.54) is 6.08 Å². The van der Waals surface area contributed by atoms with Gasteiger partial charge in [0.1, 0.15) is 17.7 Å². The summed E-state index contributed by atoms with van der Waals surface area (Å²) in [7, 11) is 0. The van der Waals surface area contributed by atoms with Gasteiger partial charge in [-0.05, 0) is 77.1 Å². The predicted molar refractivity (Wildman–Crippen MR) is 179 cm³/mol. The zero-order chi connectivity index (χ0) is 32.8. The van der Waals surface area contributed by atoms with E-state index in [1.807, 2.05) is 66.7 Å². The average Bonchev–Trinajstić information content (AvgIpc) is 3.09. The Bertz CT molecular complexity index is 2320. The lowest BCUT2D eigenvalue weighted by Gasteiger charge is -2.07. The first kappa shape index (κ1) is 33.8. The van der Waals surface area contributed by atoms with Gasteiger partial charge in [0.15, 0.2) is 0 Å². The van der Waals surface area contributed by atoms with Crippen LogP contribution in [0.25, 0.3) is 5.57 Å². The standard InChI is InChI=1S/C43H15NO2/c1-2-3-4-5-6-7-8-9-10-11-12-13-14-15-16-17-18-19-20-21-22-23-30-37-46-43(45)41(38-44)35-36-42(39-31-26-24-27-32-39)40-33-28-25-29-34-40/h24-29,31-36H,1H3/b41-35+. The van der Waals surface area contributed by atoms with Crippen LogP contribution >= 0.6 is 0 Å². The van der Waals surface area contributed by atoms with Gasteiger partial charge in [-0.3, -0.25) is 0 Å². The monoisotopic (exact) mass is 577 g/mol. The summed E-state index contributed by atoms with van der Waals surface area (Å²) < 4.78 is 4.82. The summed E-state index contributed by atoms with van der Waals surface area (Å²) in [6.07, 6.45) is 5.23. The van der Waals surface area contributed by atoms with Crippen molar-refractivity contribution in [2.45, 2.75) is 6.92 Å². The lowest BCUT2D eigenvalue weighted by molar-refractivity contribution is -0.132. The van der Waals surface area contributed by atoms with Gasteiger partial charge in [-0.2, -0.15) is 5.26 Å². The molecule has 2 aromatic carbocycles. The molecule has 204 valence electrons. The highest BCUT2D eigenvalue weighted by Crippen LogP contribution is 2.23. The number of ether oxygens (including phenoxy) is 1. The van der Waals surface area contributed by atoms with Gasteiger partial charge in [0.05, 0.1) is 0 Å². The first-order valence-electron chi connectivity index (χ1n) is 12.8. The molecular weight excluding hydrogens is 562 g/mol. The van der Waals surface area contributed by atoms with E-state index in [-0.39, 0.29) is 5.57 Å². The Morgan fingerprint density at radius 2 is 0.870 bits per heavy atom. The largest absolute Gasteiger partial charge is 0.367 e. The minimum absolute atomic E-state index is 0.221. The third-order valence-corrected chi connectivity index (χ3v) is 4.56. The maximum absolute atomic E-state index is 12.3. The second-order valence-corrected chi connectivity index (χ2v) is 7.50. The molecule has 0 N–H and O–H groups in total. The summed E-state index contributed by atoms with van der Waals surface area (Å²) in [4.78, 5) is 12.3. The van der Waals surface area contributed by atoms with E-state index in [0.29, 0.717) is 0 Å². The number of hydrogen-bond donors (Lipinski definition) is 0. The summed E-state index contributed by atoms with van der Waals surface area (Å²) in [5.41, 5.74) is 2.47. The van der Waals surface area contributed by atoms with Crippen LogP contribution in [0.5, 0.6) is 0 Å². The highest BCUT2D eigenvalue weighted by atomic mass is 16.5. The highest BCUT2D eigenvalue weighted by Gasteiger charge is 2.10. The lowest BCUT2D eigenvalue weighted by Crippen LogP contribution is -2.02. The van der Waals surface area contributed by atoms with Crippen molar-refractivity contribution in [3.8, 4) is 148 Å². The Labute approximate surface area is 270 Å². The van der Waals surface area contributed by atoms with Gasteiger partial charge in [0.25, 0.3) is 0 Å². The molecular formula is C43H15NO2. The van der Waals surface area contributed by atoms with Gasteiger partial charge >= 0.3 is 5.97 Å². The van der Waals surface area contributed by atoms with Crippen molar-refractivity contribution >= 4 is 11.5 Å². The zero-order valence-corrected chi connectivity index (χ0v) is 24.2. The van der Waals surface area contributed by atoms with Gasteiger partial charge in [-0.1, -0.05) is 72.7 Å². The first-order chi connectivity index (χ1) is 22.8. The maximum Gasteiger partial charge on any atom is 0.362 e. The van der Waals surface area contributed by atoms with Crippen molar-refractivity contribution in [1.82, 2.24) is 0 Å². The molecule has 0 saturated carbocycles. The molecule has 2 aromatic rings. The van der Waals surface area contributed by atoms with Gasteiger partial charge < -0.3 is 4.74 Å². The number of benzene rings is 2. The van der Waals surface area contributed by atoms with Gasteiger partial charge in [0, 0.05) is 82.9 Å². The van der Waals surface area contributed by atoms with Crippen LogP contribution in [0.3, 0.4) is 0 Å². The number of allylic oxidation sites excluding steroid dienone is 2. The van der Waals surface area contributed by atoms with Gasteiger partial charge in [0.2, 0.25) is 0 Å². The van der Waals surface area contributed by atoms with Crippen LogP contribution in [-0.4, -0.2) is 5.97 Å². The first-order valence-corrected chi connectivity index (χ1v) is 12.8. The van der Waals surface area contributed by atoms with Crippen LogP contribution in [0.2, 0.25) is 0 Å². The van der Waals surface area contributed by atoms with Crippen molar-refractivity contribution in [3.05, 3.63) is 89.5 Å². The van der Waals surface area contributed by atoms with Crippen LogP contribution in [0, 0.1) is 154 Å². The molecule has 0 spiro atoms. The van der Waals surface area contributed by atoms with Crippen molar-refractivity contribution in [2.24, 2.45) is 0 Å². The number of carbonyl (C=O) groups is 1. The number of nitriles is 1. The fourth-order valence-electron chi connectivity index (χ4n) is 2.75. The Morgan fingerprint density at radius 1 is 0.522 bits per heavy atom. The maximum atomic E-state index is 12.3. The van der Waals surface area contributed by atoms with Gasteiger partial charge in [-0.15, -0.1) is 0 Å². The second kappa shape index (κ2) is 23.3. The fraction of sp³-hybridized carbons (Fsp3) is 0.0233. The van der Waals surface area contributed by atoms with E-state index >= 15 is 0 Å². The minimum Gasteiger partial charge on any atom is -0.367 e.